The Labute approximate surface area is 98.3 Å². The van der Waals surface area contributed by atoms with Gasteiger partial charge in [0.2, 0.25) is 0 Å². The zero-order valence-electron chi connectivity index (χ0n) is 10.8. The molecule has 1 spiro atoms. The molecular weight excluding hydrogens is 196 g/mol. The van der Waals surface area contributed by atoms with Crippen molar-refractivity contribution >= 4 is 5.78 Å². The van der Waals surface area contributed by atoms with Gasteiger partial charge in [0.1, 0.15) is 0 Å². The Morgan fingerprint density at radius 2 is 2.06 bits per heavy atom. The van der Waals surface area contributed by atoms with Crippen LogP contribution in [0, 0.1) is 35.0 Å². The molecule has 5 unspecified atom stereocenters. The molecule has 3 rings (SSSR count). The van der Waals surface area contributed by atoms with Crippen molar-refractivity contribution in [1.29, 1.82) is 0 Å². The van der Waals surface area contributed by atoms with Crippen LogP contribution in [0.3, 0.4) is 0 Å². The van der Waals surface area contributed by atoms with E-state index in [2.05, 4.69) is 27.7 Å². The van der Waals surface area contributed by atoms with Gasteiger partial charge in [-0.2, -0.15) is 0 Å². The van der Waals surface area contributed by atoms with Crippen LogP contribution in [0.15, 0.2) is 11.6 Å². The molecule has 88 valence electrons. The van der Waals surface area contributed by atoms with E-state index in [0.717, 1.165) is 11.8 Å². The molecular formula is C15H22O. The van der Waals surface area contributed by atoms with Gasteiger partial charge in [-0.25, -0.2) is 0 Å². The van der Waals surface area contributed by atoms with E-state index in [1.807, 2.05) is 6.08 Å². The normalized spacial score (nSPS) is 50.1. The van der Waals surface area contributed by atoms with E-state index in [1.54, 1.807) is 0 Å². The van der Waals surface area contributed by atoms with Crippen LogP contribution < -0.4 is 0 Å². The Morgan fingerprint density at radius 3 is 2.69 bits per heavy atom. The minimum absolute atomic E-state index is 0.0667. The molecule has 3 aliphatic carbocycles. The first-order valence-corrected chi connectivity index (χ1v) is 6.73. The lowest BCUT2D eigenvalue weighted by Gasteiger charge is -2.34. The molecule has 0 amide bonds. The smallest absolute Gasteiger partial charge is 0.162 e. The van der Waals surface area contributed by atoms with Gasteiger partial charge in [-0.05, 0) is 55.4 Å². The number of allylic oxidation sites excluding steroid dienone is 2. The number of fused-ring (bicyclic) bond motifs is 1. The second-order valence-corrected chi connectivity index (χ2v) is 6.58. The Morgan fingerprint density at radius 1 is 1.38 bits per heavy atom. The second-order valence-electron chi connectivity index (χ2n) is 6.58. The Hall–Kier alpha value is -0.590. The van der Waals surface area contributed by atoms with Gasteiger partial charge in [0, 0.05) is 5.41 Å². The van der Waals surface area contributed by atoms with Gasteiger partial charge in [-0.1, -0.05) is 26.3 Å². The summed E-state index contributed by atoms with van der Waals surface area (Å²) in [7, 11) is 0. The minimum Gasteiger partial charge on any atom is -0.294 e. The van der Waals surface area contributed by atoms with Crippen molar-refractivity contribution in [2.45, 2.75) is 40.5 Å². The first-order valence-electron chi connectivity index (χ1n) is 6.73. The van der Waals surface area contributed by atoms with Crippen molar-refractivity contribution in [1.82, 2.24) is 0 Å². The maximum atomic E-state index is 12.3. The highest BCUT2D eigenvalue weighted by Crippen LogP contribution is 2.76. The van der Waals surface area contributed by atoms with Crippen LogP contribution >= 0.6 is 0 Å². The third-order valence-corrected chi connectivity index (χ3v) is 5.66. The van der Waals surface area contributed by atoms with E-state index in [9.17, 15) is 4.79 Å². The summed E-state index contributed by atoms with van der Waals surface area (Å²) in [6.07, 6.45) is 4.52. The summed E-state index contributed by atoms with van der Waals surface area (Å²) >= 11 is 0. The van der Waals surface area contributed by atoms with E-state index >= 15 is 0 Å². The highest BCUT2D eigenvalue weighted by Gasteiger charge is 2.76. The zero-order valence-corrected chi connectivity index (χ0v) is 10.8. The van der Waals surface area contributed by atoms with Gasteiger partial charge in [-0.3, -0.25) is 4.79 Å². The largest absolute Gasteiger partial charge is 0.294 e. The van der Waals surface area contributed by atoms with E-state index in [1.165, 1.54) is 18.4 Å². The molecule has 0 aromatic rings. The fourth-order valence-electron chi connectivity index (χ4n) is 4.92. The van der Waals surface area contributed by atoms with Crippen LogP contribution in [-0.2, 0) is 4.79 Å². The number of hydrogen-bond acceptors (Lipinski definition) is 1. The monoisotopic (exact) mass is 218 g/mol. The highest BCUT2D eigenvalue weighted by molar-refractivity contribution is 6.03. The van der Waals surface area contributed by atoms with Crippen molar-refractivity contribution in [3.8, 4) is 0 Å². The lowest BCUT2D eigenvalue weighted by atomic mass is 9.70. The van der Waals surface area contributed by atoms with Crippen LogP contribution in [0.25, 0.3) is 0 Å². The summed E-state index contributed by atoms with van der Waals surface area (Å²) < 4.78 is 0. The van der Waals surface area contributed by atoms with Gasteiger partial charge in [0.25, 0.3) is 0 Å². The topological polar surface area (TPSA) is 17.1 Å². The molecule has 0 aromatic heterocycles. The summed E-state index contributed by atoms with van der Waals surface area (Å²) in [4.78, 5) is 12.3. The third-order valence-electron chi connectivity index (χ3n) is 5.66. The van der Waals surface area contributed by atoms with Crippen LogP contribution in [0.2, 0.25) is 0 Å². The van der Waals surface area contributed by atoms with Gasteiger partial charge < -0.3 is 0 Å². The van der Waals surface area contributed by atoms with Gasteiger partial charge in [-0.15, -0.1) is 0 Å². The fraction of sp³-hybridized carbons (Fsp3) is 0.800. The van der Waals surface area contributed by atoms with Crippen LogP contribution in [0.5, 0.6) is 0 Å². The molecule has 0 aliphatic heterocycles. The zero-order chi connectivity index (χ0) is 11.7. The van der Waals surface area contributed by atoms with Gasteiger partial charge in [0.15, 0.2) is 5.78 Å². The summed E-state index contributed by atoms with van der Waals surface area (Å²) in [5.41, 5.74) is 1.44. The standard InChI is InChI=1S/C15H22O/c1-8(2)11-6-5-10(4)15-12(16)7-9(3)13(15)14(11)15/h7-8,10-11,13-14H,5-6H2,1-4H3. The average Bonchev–Trinajstić information content (AvgIpc) is 2.82. The molecule has 0 radical (unpaired) electrons. The molecule has 1 nitrogen and oxygen atoms in total. The van der Waals surface area contributed by atoms with Crippen LogP contribution in [0.4, 0.5) is 0 Å². The van der Waals surface area contributed by atoms with Crippen molar-refractivity contribution in [2.24, 2.45) is 35.0 Å². The third kappa shape index (κ3) is 0.959. The van der Waals surface area contributed by atoms with E-state index in [4.69, 9.17) is 0 Å². The molecule has 3 aliphatic rings. The summed E-state index contributed by atoms with van der Waals surface area (Å²) in [5.74, 6) is 3.89. The molecule has 16 heavy (non-hydrogen) atoms. The molecule has 0 aromatic carbocycles. The van der Waals surface area contributed by atoms with Gasteiger partial charge >= 0.3 is 0 Å². The molecule has 2 saturated carbocycles. The van der Waals surface area contributed by atoms with Crippen molar-refractivity contribution in [2.75, 3.05) is 0 Å². The second kappa shape index (κ2) is 3.00. The lowest BCUT2D eigenvalue weighted by molar-refractivity contribution is -0.122. The summed E-state index contributed by atoms with van der Waals surface area (Å²) in [5, 5.41) is 0. The molecule has 2 fully saturated rings. The first kappa shape index (κ1) is 10.6. The Balaban J connectivity index is 2.00. The van der Waals surface area contributed by atoms with E-state index in [-0.39, 0.29) is 5.41 Å². The SMILES string of the molecule is CC1=CC(=O)C23C(C)CCC(C(C)C)C2C13. The molecule has 0 saturated heterocycles. The number of ketones is 1. The summed E-state index contributed by atoms with van der Waals surface area (Å²) in [6, 6.07) is 0. The molecule has 1 heteroatoms. The van der Waals surface area contributed by atoms with Crippen molar-refractivity contribution in [3.63, 3.8) is 0 Å². The average molecular weight is 218 g/mol. The number of rotatable bonds is 1. The van der Waals surface area contributed by atoms with E-state index < -0.39 is 0 Å². The Bertz CT molecular complexity index is 379. The summed E-state index contributed by atoms with van der Waals surface area (Å²) in [6.45, 7) is 9.12. The Kier molecular flexibility index (Phi) is 1.98. The van der Waals surface area contributed by atoms with Gasteiger partial charge in [0.05, 0.1) is 0 Å². The maximum Gasteiger partial charge on any atom is 0.162 e. The molecule has 0 heterocycles. The maximum absolute atomic E-state index is 12.3. The lowest BCUT2D eigenvalue weighted by Crippen LogP contribution is -2.32. The minimum atomic E-state index is 0.0667. The molecule has 5 atom stereocenters. The molecule has 0 N–H and O–H groups in total. The number of hydrogen-bond donors (Lipinski definition) is 0. The quantitative estimate of drug-likeness (QED) is 0.659. The first-order chi connectivity index (χ1) is 7.51. The van der Waals surface area contributed by atoms with Crippen molar-refractivity contribution < 1.29 is 4.79 Å². The predicted molar refractivity (Wildman–Crippen MR) is 64.9 cm³/mol. The highest BCUT2D eigenvalue weighted by atomic mass is 16.1. The van der Waals surface area contributed by atoms with Crippen LogP contribution in [0.1, 0.15) is 40.5 Å². The van der Waals surface area contributed by atoms with Crippen LogP contribution in [-0.4, -0.2) is 5.78 Å². The number of carbonyl (C=O) groups excluding carboxylic acids is 1. The molecule has 0 bridgehead atoms. The van der Waals surface area contributed by atoms with E-state index in [0.29, 0.717) is 23.5 Å². The number of carbonyl (C=O) groups is 1. The van der Waals surface area contributed by atoms with Crippen molar-refractivity contribution in [3.05, 3.63) is 11.6 Å². The fourth-order valence-corrected chi connectivity index (χ4v) is 4.92. The predicted octanol–water partition coefficient (Wildman–Crippen LogP) is 3.45.